The number of nitrogens with zero attached hydrogens (tertiary/aromatic N) is 3. The van der Waals surface area contributed by atoms with Crippen LogP contribution in [0.25, 0.3) is 0 Å². The molecule has 0 aliphatic rings. The fourth-order valence-electron chi connectivity index (χ4n) is 4.58. The van der Waals surface area contributed by atoms with Crippen LogP contribution in [-0.4, -0.2) is 140 Å². The lowest BCUT2D eigenvalue weighted by Gasteiger charge is -2.34. The van der Waals surface area contributed by atoms with Crippen LogP contribution in [0.15, 0.2) is 24.3 Å². The summed E-state index contributed by atoms with van der Waals surface area (Å²) < 4.78 is 0. The van der Waals surface area contributed by atoms with Gasteiger partial charge in [0.2, 0.25) is 5.91 Å². The number of unbranched alkanes of at least 4 members (excludes halogenated alkanes) is 1. The Balaban J connectivity index is 3.11. The molecule has 16 heteroatoms. The van der Waals surface area contributed by atoms with Crippen molar-refractivity contribution >= 4 is 47.2 Å². The summed E-state index contributed by atoms with van der Waals surface area (Å²) in [6.07, 6.45) is 2.37. The number of Topliss-reactive ketones (excluding diaryl/α,β-unsaturated/α-hetero) is 1. The largest absolute Gasteiger partial charge is 0.480 e. The Bertz CT molecular complexity index is 1140. The first-order valence-electron chi connectivity index (χ1n) is 14.4. The Morgan fingerprint density at radius 1 is 0.667 bits per heavy atom. The summed E-state index contributed by atoms with van der Waals surface area (Å²) in [5.74, 6) is -6.53. The molecule has 0 radical (unpaired) electrons. The highest BCUT2D eigenvalue weighted by Crippen LogP contribution is 2.16. The maximum atomic E-state index is 12.3. The highest BCUT2D eigenvalue weighted by molar-refractivity contribution is 5.90. The van der Waals surface area contributed by atoms with Crippen LogP contribution in [0.4, 0.5) is 5.69 Å². The van der Waals surface area contributed by atoms with Crippen molar-refractivity contribution < 1.29 is 59.1 Å². The Morgan fingerprint density at radius 2 is 1.13 bits per heavy atom. The third-order valence-electron chi connectivity index (χ3n) is 6.68. The molecule has 250 valence electrons. The van der Waals surface area contributed by atoms with Gasteiger partial charge in [0.05, 0.1) is 32.7 Å². The Morgan fingerprint density at radius 3 is 1.62 bits per heavy atom. The predicted molar refractivity (Wildman–Crippen MR) is 159 cm³/mol. The van der Waals surface area contributed by atoms with E-state index >= 15 is 0 Å². The smallest absolute Gasteiger partial charge is 0.317 e. The number of rotatable bonds is 25. The Labute approximate surface area is 260 Å². The highest BCUT2D eigenvalue weighted by Gasteiger charge is 2.27. The van der Waals surface area contributed by atoms with E-state index in [0.29, 0.717) is 36.9 Å². The first-order chi connectivity index (χ1) is 21.2. The summed E-state index contributed by atoms with van der Waals surface area (Å²) in [5, 5.41) is 49.4. The quantitative estimate of drug-likeness (QED) is 0.0794. The molecule has 45 heavy (non-hydrogen) atoms. The molecular weight excluding hydrogens is 596 g/mol. The highest BCUT2D eigenvalue weighted by atomic mass is 16.4. The second kappa shape index (κ2) is 20.5. The van der Waals surface area contributed by atoms with Crippen LogP contribution in [0, 0.1) is 0 Å². The third kappa shape index (κ3) is 18.1. The standard InChI is InChI=1S/C29H42N4O12/c1-2-23(34)5-3-4-6-24(35)30-21-9-7-20(8-10-21)13-22(33(18-28(42)43)19-29(44)45)14-31(15-25(36)37)11-12-32(16-26(38)39)17-27(40)41/h7-10,22H,2-6,11-19H2,1H3,(H,30,35)(H,36,37)(H,38,39)(H,40,41)(H,42,43)(H,44,45)/t22-/m0/s1. The molecule has 1 aromatic rings. The van der Waals surface area contributed by atoms with Gasteiger partial charge in [-0.3, -0.25) is 48.3 Å². The van der Waals surface area contributed by atoms with E-state index in [1.54, 1.807) is 31.2 Å². The number of carbonyl (C=O) groups is 7. The lowest BCUT2D eigenvalue weighted by molar-refractivity contribution is -0.144. The zero-order valence-corrected chi connectivity index (χ0v) is 25.2. The number of ketones is 1. The monoisotopic (exact) mass is 638 g/mol. The normalized spacial score (nSPS) is 11.8. The molecule has 1 amide bonds. The summed E-state index contributed by atoms with van der Waals surface area (Å²) in [6.45, 7) is -1.71. The summed E-state index contributed by atoms with van der Waals surface area (Å²) in [5.41, 5.74) is 1.12. The Hall–Kier alpha value is -4.41. The lowest BCUT2D eigenvalue weighted by Crippen LogP contribution is -2.51. The second-order valence-electron chi connectivity index (χ2n) is 10.5. The summed E-state index contributed by atoms with van der Waals surface area (Å²) in [7, 11) is 0. The van der Waals surface area contributed by atoms with Crippen molar-refractivity contribution in [1.82, 2.24) is 14.7 Å². The first kappa shape index (κ1) is 38.6. The van der Waals surface area contributed by atoms with Crippen LogP contribution in [0.5, 0.6) is 0 Å². The van der Waals surface area contributed by atoms with Gasteiger partial charge in [0.1, 0.15) is 5.78 Å². The van der Waals surface area contributed by atoms with Gasteiger partial charge in [-0.25, -0.2) is 0 Å². The van der Waals surface area contributed by atoms with Gasteiger partial charge in [0.15, 0.2) is 0 Å². The average Bonchev–Trinajstić information content (AvgIpc) is 2.92. The van der Waals surface area contributed by atoms with Crippen molar-refractivity contribution in [3.63, 3.8) is 0 Å². The van der Waals surface area contributed by atoms with Crippen molar-refractivity contribution in [2.24, 2.45) is 0 Å². The van der Waals surface area contributed by atoms with Gasteiger partial charge in [-0.05, 0) is 37.0 Å². The van der Waals surface area contributed by atoms with Gasteiger partial charge < -0.3 is 30.8 Å². The van der Waals surface area contributed by atoms with Crippen molar-refractivity contribution in [1.29, 1.82) is 0 Å². The number of aliphatic carboxylic acids is 5. The van der Waals surface area contributed by atoms with E-state index < -0.39 is 68.6 Å². The van der Waals surface area contributed by atoms with E-state index in [2.05, 4.69) is 5.32 Å². The molecular formula is C29H42N4O12. The molecule has 1 atom stereocenters. The van der Waals surface area contributed by atoms with Crippen molar-refractivity contribution in [3.8, 4) is 0 Å². The van der Waals surface area contributed by atoms with Gasteiger partial charge in [-0.15, -0.1) is 0 Å². The molecule has 0 spiro atoms. The van der Waals surface area contributed by atoms with Crippen LogP contribution >= 0.6 is 0 Å². The van der Waals surface area contributed by atoms with Crippen LogP contribution in [-0.2, 0) is 40.0 Å². The van der Waals surface area contributed by atoms with E-state index in [-0.39, 0.29) is 44.2 Å². The van der Waals surface area contributed by atoms with Gasteiger partial charge in [0, 0.05) is 50.6 Å². The van der Waals surface area contributed by atoms with Gasteiger partial charge in [0.25, 0.3) is 0 Å². The number of amides is 1. The number of hydrogen-bond acceptors (Lipinski definition) is 10. The number of carboxylic acid groups (broad SMARTS) is 5. The molecule has 1 aromatic carbocycles. The number of anilines is 1. The first-order valence-corrected chi connectivity index (χ1v) is 14.4. The zero-order chi connectivity index (χ0) is 33.9. The van der Waals surface area contributed by atoms with Crippen LogP contribution in [0.2, 0.25) is 0 Å². The minimum Gasteiger partial charge on any atom is -0.480 e. The second-order valence-corrected chi connectivity index (χ2v) is 10.5. The SMILES string of the molecule is CCC(=O)CCCCC(=O)Nc1ccc(C[C@@H](CN(CCN(CC(=O)O)CC(=O)O)CC(=O)O)N(CC(=O)O)CC(=O)O)cc1. The van der Waals surface area contributed by atoms with Crippen LogP contribution in [0.1, 0.15) is 44.6 Å². The van der Waals surface area contributed by atoms with Crippen LogP contribution < -0.4 is 5.32 Å². The topological polar surface area (TPSA) is 242 Å². The van der Waals surface area contributed by atoms with E-state index in [0.717, 1.165) is 4.90 Å². The van der Waals surface area contributed by atoms with Gasteiger partial charge in [-0.1, -0.05) is 19.1 Å². The van der Waals surface area contributed by atoms with Gasteiger partial charge >= 0.3 is 29.8 Å². The third-order valence-corrected chi connectivity index (χ3v) is 6.68. The van der Waals surface area contributed by atoms with E-state index in [1.165, 1.54) is 9.80 Å². The fraction of sp³-hybridized carbons (Fsp3) is 0.552. The predicted octanol–water partition coefficient (Wildman–Crippen LogP) is 0.405. The summed E-state index contributed by atoms with van der Waals surface area (Å²) in [6, 6.07) is 5.72. The van der Waals surface area contributed by atoms with Crippen molar-refractivity contribution in [2.45, 2.75) is 51.5 Å². The molecule has 0 aromatic heterocycles. The maximum absolute atomic E-state index is 12.3. The average molecular weight is 639 g/mol. The fourth-order valence-corrected chi connectivity index (χ4v) is 4.58. The van der Waals surface area contributed by atoms with Gasteiger partial charge in [-0.2, -0.15) is 0 Å². The molecule has 16 nitrogen and oxygen atoms in total. The molecule has 0 unspecified atom stereocenters. The molecule has 1 rings (SSSR count). The van der Waals surface area contributed by atoms with E-state index in [1.807, 2.05) is 0 Å². The lowest BCUT2D eigenvalue weighted by atomic mass is 10.0. The molecule has 0 aliphatic carbocycles. The number of nitrogens with one attached hydrogen (secondary N) is 1. The summed E-state index contributed by atoms with van der Waals surface area (Å²) >= 11 is 0. The molecule has 0 bridgehead atoms. The molecule has 0 aliphatic heterocycles. The Kier molecular flexibility index (Phi) is 17.6. The van der Waals surface area contributed by atoms with E-state index in [9.17, 15) is 48.9 Å². The molecule has 0 saturated heterocycles. The van der Waals surface area contributed by atoms with Crippen LogP contribution in [0.3, 0.4) is 0 Å². The van der Waals surface area contributed by atoms with Crippen molar-refractivity contribution in [3.05, 3.63) is 29.8 Å². The van der Waals surface area contributed by atoms with Crippen molar-refractivity contribution in [2.75, 3.05) is 57.7 Å². The number of hydrogen-bond donors (Lipinski definition) is 6. The minimum atomic E-state index is -1.31. The number of carbonyl (C=O) groups excluding carboxylic acids is 2. The summed E-state index contributed by atoms with van der Waals surface area (Å²) in [4.78, 5) is 84.5. The molecule has 0 fully saturated rings. The number of carboxylic acids is 5. The van der Waals surface area contributed by atoms with E-state index in [4.69, 9.17) is 10.2 Å². The minimum absolute atomic E-state index is 0.0876. The molecule has 0 heterocycles. The molecule has 0 saturated carbocycles. The zero-order valence-electron chi connectivity index (χ0n) is 25.2. The number of benzene rings is 1. The maximum Gasteiger partial charge on any atom is 0.317 e. The molecule has 6 N–H and O–H groups in total.